The quantitative estimate of drug-likeness (QED) is 0.388. The van der Waals surface area contributed by atoms with Gasteiger partial charge in [-0.15, -0.1) is 0 Å². The molecule has 0 aromatic heterocycles. The average molecular weight is 200 g/mol. The lowest BCUT2D eigenvalue weighted by Crippen LogP contribution is -2.29. The van der Waals surface area contributed by atoms with Crippen LogP contribution in [0.25, 0.3) is 0 Å². The Labute approximate surface area is 86.1 Å². The summed E-state index contributed by atoms with van der Waals surface area (Å²) in [6.07, 6.45) is -0.445. The summed E-state index contributed by atoms with van der Waals surface area (Å²) >= 11 is 0. The first-order valence-electron chi connectivity index (χ1n) is 4.86. The van der Waals surface area contributed by atoms with Gasteiger partial charge in [-0.3, -0.25) is 0 Å². The number of carbonyl (C=O) groups excluding carboxylic acids is 1. The lowest BCUT2D eigenvalue weighted by molar-refractivity contribution is -0.193. The summed E-state index contributed by atoms with van der Waals surface area (Å²) in [7, 11) is 0. The highest BCUT2D eigenvalue weighted by Gasteiger charge is 2.20. The Bertz CT molecular complexity index is 207. The summed E-state index contributed by atoms with van der Waals surface area (Å²) < 4.78 is 10.6. The molecule has 0 fully saturated rings. The van der Waals surface area contributed by atoms with E-state index >= 15 is 0 Å². The molecule has 0 aliphatic rings. The van der Waals surface area contributed by atoms with E-state index in [4.69, 9.17) is 9.47 Å². The summed E-state index contributed by atoms with van der Waals surface area (Å²) in [5.41, 5.74) is 0.392. The molecule has 82 valence electrons. The molecule has 1 atom stereocenters. The van der Waals surface area contributed by atoms with Gasteiger partial charge in [0.05, 0.1) is 6.10 Å². The van der Waals surface area contributed by atoms with Crippen molar-refractivity contribution in [2.24, 2.45) is 5.92 Å². The first kappa shape index (κ1) is 13.2. The normalized spacial score (nSPS) is 13.1. The molecule has 0 bridgehead atoms. The van der Waals surface area contributed by atoms with E-state index in [-0.39, 0.29) is 12.0 Å². The van der Waals surface area contributed by atoms with E-state index in [9.17, 15) is 4.79 Å². The molecule has 0 radical (unpaired) electrons. The molecule has 0 rings (SSSR count). The lowest BCUT2D eigenvalue weighted by atomic mass is 10.2. The van der Waals surface area contributed by atoms with Crippen LogP contribution < -0.4 is 0 Å². The highest BCUT2D eigenvalue weighted by atomic mass is 16.7. The molecule has 0 heterocycles. The van der Waals surface area contributed by atoms with Gasteiger partial charge in [0.25, 0.3) is 0 Å². The van der Waals surface area contributed by atoms with Crippen LogP contribution in [-0.2, 0) is 14.3 Å². The molecule has 0 spiro atoms. The third kappa shape index (κ3) is 5.02. The minimum atomic E-state index is -0.487. The first-order chi connectivity index (χ1) is 6.34. The average Bonchev–Trinajstić information content (AvgIpc) is 2.01. The number of hydrogen-bond donors (Lipinski definition) is 0. The number of ether oxygens (including phenoxy) is 2. The molecule has 0 N–H and O–H groups in total. The van der Waals surface area contributed by atoms with Crippen LogP contribution in [0.15, 0.2) is 12.2 Å². The van der Waals surface area contributed by atoms with Crippen molar-refractivity contribution in [1.82, 2.24) is 0 Å². The van der Waals surface area contributed by atoms with Gasteiger partial charge in [0.2, 0.25) is 6.29 Å². The predicted molar refractivity (Wildman–Crippen MR) is 55.8 cm³/mol. The predicted octanol–water partition coefficient (Wildman–Crippen LogP) is 2.51. The highest BCUT2D eigenvalue weighted by Crippen LogP contribution is 2.12. The van der Waals surface area contributed by atoms with Gasteiger partial charge in [-0.1, -0.05) is 20.4 Å². The summed E-state index contributed by atoms with van der Waals surface area (Å²) in [5, 5.41) is 0. The Morgan fingerprint density at radius 1 is 1.21 bits per heavy atom. The number of carbonyl (C=O) groups is 1. The number of hydrogen-bond acceptors (Lipinski definition) is 3. The van der Waals surface area contributed by atoms with Gasteiger partial charge in [-0.2, -0.15) is 0 Å². The van der Waals surface area contributed by atoms with E-state index in [1.54, 1.807) is 6.92 Å². The van der Waals surface area contributed by atoms with Crippen LogP contribution in [0.1, 0.15) is 34.6 Å². The molecule has 3 nitrogen and oxygen atoms in total. The molecule has 0 saturated heterocycles. The SMILES string of the molecule is C=C(C)C(=O)OC(OC(C)C)C(C)C. The Hall–Kier alpha value is -0.830. The summed E-state index contributed by atoms with van der Waals surface area (Å²) in [4.78, 5) is 11.2. The van der Waals surface area contributed by atoms with Crippen molar-refractivity contribution in [1.29, 1.82) is 0 Å². The van der Waals surface area contributed by atoms with E-state index in [1.165, 1.54) is 0 Å². The number of rotatable bonds is 5. The standard InChI is InChI=1S/C11H20O3/c1-7(2)10(12)14-11(8(3)4)13-9(5)6/h8-9,11H,1H2,2-6H3. The third-order valence-corrected chi connectivity index (χ3v) is 1.52. The monoisotopic (exact) mass is 200 g/mol. The van der Waals surface area contributed by atoms with Gasteiger partial charge in [0, 0.05) is 11.5 Å². The van der Waals surface area contributed by atoms with Crippen LogP contribution in [0, 0.1) is 5.92 Å². The fraction of sp³-hybridized carbons (Fsp3) is 0.727. The van der Waals surface area contributed by atoms with Gasteiger partial charge in [-0.05, 0) is 20.8 Å². The van der Waals surface area contributed by atoms with E-state index in [0.29, 0.717) is 5.57 Å². The maximum Gasteiger partial charge on any atom is 0.335 e. The Kier molecular flexibility index (Phi) is 5.46. The van der Waals surface area contributed by atoms with Gasteiger partial charge in [0.15, 0.2) is 0 Å². The fourth-order valence-electron chi connectivity index (χ4n) is 0.795. The minimum Gasteiger partial charge on any atom is -0.432 e. The smallest absolute Gasteiger partial charge is 0.335 e. The molecule has 3 heteroatoms. The summed E-state index contributed by atoms with van der Waals surface area (Å²) in [6.45, 7) is 12.8. The zero-order valence-corrected chi connectivity index (χ0v) is 9.66. The summed E-state index contributed by atoms with van der Waals surface area (Å²) in [5.74, 6) is -0.259. The van der Waals surface area contributed by atoms with Crippen molar-refractivity contribution in [3.05, 3.63) is 12.2 Å². The van der Waals surface area contributed by atoms with Crippen molar-refractivity contribution >= 4 is 5.97 Å². The molecule has 0 amide bonds. The van der Waals surface area contributed by atoms with Crippen molar-refractivity contribution in [3.63, 3.8) is 0 Å². The molecule has 0 aromatic carbocycles. The topological polar surface area (TPSA) is 35.5 Å². The van der Waals surface area contributed by atoms with Crippen molar-refractivity contribution in [2.45, 2.75) is 47.0 Å². The van der Waals surface area contributed by atoms with E-state index in [0.717, 1.165) is 0 Å². The largest absolute Gasteiger partial charge is 0.432 e. The van der Waals surface area contributed by atoms with Crippen LogP contribution in [0.5, 0.6) is 0 Å². The second-order valence-corrected chi connectivity index (χ2v) is 3.98. The van der Waals surface area contributed by atoms with Gasteiger partial charge in [0.1, 0.15) is 0 Å². The molecule has 1 unspecified atom stereocenters. The van der Waals surface area contributed by atoms with Gasteiger partial charge in [-0.25, -0.2) is 4.79 Å². The Morgan fingerprint density at radius 3 is 2.00 bits per heavy atom. The van der Waals surface area contributed by atoms with Crippen LogP contribution in [0.3, 0.4) is 0 Å². The molecular weight excluding hydrogens is 180 g/mol. The lowest BCUT2D eigenvalue weighted by Gasteiger charge is -2.23. The Balaban J connectivity index is 4.23. The van der Waals surface area contributed by atoms with E-state index in [1.807, 2.05) is 27.7 Å². The van der Waals surface area contributed by atoms with E-state index in [2.05, 4.69) is 6.58 Å². The number of esters is 1. The maximum atomic E-state index is 11.2. The zero-order valence-electron chi connectivity index (χ0n) is 9.66. The first-order valence-corrected chi connectivity index (χ1v) is 4.86. The van der Waals surface area contributed by atoms with Gasteiger partial charge < -0.3 is 9.47 Å². The van der Waals surface area contributed by atoms with Crippen molar-refractivity contribution in [2.75, 3.05) is 0 Å². The molecule has 0 saturated carbocycles. The van der Waals surface area contributed by atoms with Crippen LogP contribution in [0.2, 0.25) is 0 Å². The second kappa shape index (κ2) is 5.81. The maximum absolute atomic E-state index is 11.2. The highest BCUT2D eigenvalue weighted by molar-refractivity contribution is 5.87. The Morgan fingerprint density at radius 2 is 1.71 bits per heavy atom. The second-order valence-electron chi connectivity index (χ2n) is 3.98. The fourth-order valence-corrected chi connectivity index (χ4v) is 0.795. The minimum absolute atomic E-state index is 0.0420. The molecule has 0 aromatic rings. The van der Waals surface area contributed by atoms with E-state index < -0.39 is 12.3 Å². The molecule has 0 aliphatic heterocycles. The van der Waals surface area contributed by atoms with Crippen LogP contribution in [0.4, 0.5) is 0 Å². The third-order valence-electron chi connectivity index (χ3n) is 1.52. The van der Waals surface area contributed by atoms with Crippen molar-refractivity contribution < 1.29 is 14.3 Å². The molecule has 0 aliphatic carbocycles. The summed E-state index contributed by atoms with van der Waals surface area (Å²) in [6, 6.07) is 0. The zero-order chi connectivity index (χ0) is 11.3. The van der Waals surface area contributed by atoms with Crippen LogP contribution in [-0.4, -0.2) is 18.4 Å². The van der Waals surface area contributed by atoms with Gasteiger partial charge >= 0.3 is 5.97 Å². The molecular formula is C11H20O3. The van der Waals surface area contributed by atoms with Crippen molar-refractivity contribution in [3.8, 4) is 0 Å². The molecule has 14 heavy (non-hydrogen) atoms. The van der Waals surface area contributed by atoms with Crippen LogP contribution >= 0.6 is 0 Å².